The van der Waals surface area contributed by atoms with Gasteiger partial charge in [-0.15, -0.1) is 0 Å². The monoisotopic (exact) mass is 384 g/mol. The van der Waals surface area contributed by atoms with Crippen molar-refractivity contribution in [3.8, 4) is 0 Å². The Labute approximate surface area is 168 Å². The van der Waals surface area contributed by atoms with Crippen molar-refractivity contribution in [3.05, 3.63) is 66.3 Å². The van der Waals surface area contributed by atoms with Gasteiger partial charge in [0.05, 0.1) is 12.2 Å². The number of carbonyl (C=O) groups excluding carboxylic acids is 1. The average Bonchev–Trinajstić information content (AvgIpc) is 2.70. The topological polar surface area (TPSA) is 66.8 Å². The molecule has 0 spiro atoms. The molecular weight excluding hydrogens is 352 g/mol. The molecule has 2 rings (SSSR count). The van der Waals surface area contributed by atoms with Crippen LogP contribution >= 0.6 is 0 Å². The molecule has 4 nitrogen and oxygen atoms in total. The number of allylic oxidation sites excluding steroid dienone is 2. The molecule has 0 saturated heterocycles. The number of benzene rings is 1. The number of aliphatic hydroxyl groups is 2. The van der Waals surface area contributed by atoms with Gasteiger partial charge in [0.2, 0.25) is 0 Å². The van der Waals surface area contributed by atoms with E-state index in [0.717, 1.165) is 18.4 Å². The van der Waals surface area contributed by atoms with Crippen LogP contribution in [0.1, 0.15) is 45.1 Å². The Hall–Kier alpha value is -2.17. The van der Waals surface area contributed by atoms with E-state index in [2.05, 4.69) is 13.8 Å². The van der Waals surface area contributed by atoms with Crippen LogP contribution in [0.3, 0.4) is 0 Å². The molecule has 0 saturated carbocycles. The largest absolute Gasteiger partial charge is 0.458 e. The Morgan fingerprint density at radius 1 is 1.14 bits per heavy atom. The van der Waals surface area contributed by atoms with Gasteiger partial charge < -0.3 is 14.9 Å². The molecule has 0 unspecified atom stereocenters. The van der Waals surface area contributed by atoms with Gasteiger partial charge in [0, 0.05) is 18.4 Å². The summed E-state index contributed by atoms with van der Waals surface area (Å²) >= 11 is 0. The van der Waals surface area contributed by atoms with Crippen molar-refractivity contribution in [1.29, 1.82) is 0 Å². The minimum Gasteiger partial charge on any atom is -0.458 e. The van der Waals surface area contributed by atoms with Crippen LogP contribution in [-0.2, 0) is 9.53 Å². The maximum atomic E-state index is 11.5. The van der Waals surface area contributed by atoms with Crippen molar-refractivity contribution in [3.63, 3.8) is 0 Å². The van der Waals surface area contributed by atoms with Gasteiger partial charge in [-0.1, -0.05) is 74.6 Å². The highest BCUT2D eigenvalue weighted by molar-refractivity contribution is 5.83. The highest BCUT2D eigenvalue weighted by atomic mass is 16.5. The SMILES string of the molecule is CC[C@@H]1C=CC(=O)O[C@@H]1[C@H](C)CC[C@@H](O)C[C@H](O)/C=C/C=C/c1ccccc1. The number of ether oxygens (including phenoxy) is 1. The van der Waals surface area contributed by atoms with E-state index in [1.165, 1.54) is 6.08 Å². The molecule has 0 aliphatic carbocycles. The van der Waals surface area contributed by atoms with Crippen molar-refractivity contribution >= 4 is 12.0 Å². The molecule has 1 heterocycles. The quantitative estimate of drug-likeness (QED) is 0.466. The van der Waals surface area contributed by atoms with Gasteiger partial charge >= 0.3 is 5.97 Å². The maximum absolute atomic E-state index is 11.5. The number of aliphatic hydroxyl groups excluding tert-OH is 2. The highest BCUT2D eigenvalue weighted by Gasteiger charge is 2.30. The van der Waals surface area contributed by atoms with Crippen LogP contribution in [0.5, 0.6) is 0 Å². The zero-order valence-electron chi connectivity index (χ0n) is 16.8. The maximum Gasteiger partial charge on any atom is 0.330 e. The Balaban J connectivity index is 1.73. The van der Waals surface area contributed by atoms with Gasteiger partial charge in [0.15, 0.2) is 0 Å². The van der Waals surface area contributed by atoms with Gasteiger partial charge in [-0.05, 0) is 30.7 Å². The molecule has 1 aromatic carbocycles. The molecule has 2 N–H and O–H groups in total. The van der Waals surface area contributed by atoms with Gasteiger partial charge in [0.1, 0.15) is 6.10 Å². The summed E-state index contributed by atoms with van der Waals surface area (Å²) in [5.74, 6) is 0.107. The van der Waals surface area contributed by atoms with E-state index >= 15 is 0 Å². The molecule has 1 aliphatic rings. The third-order valence-electron chi connectivity index (χ3n) is 5.19. The van der Waals surface area contributed by atoms with E-state index in [4.69, 9.17) is 4.74 Å². The molecular formula is C24H32O4. The van der Waals surface area contributed by atoms with E-state index in [9.17, 15) is 15.0 Å². The molecule has 0 amide bonds. The van der Waals surface area contributed by atoms with Crippen molar-refractivity contribution in [2.75, 3.05) is 0 Å². The summed E-state index contributed by atoms with van der Waals surface area (Å²) in [5, 5.41) is 20.3. The van der Waals surface area contributed by atoms with Crippen molar-refractivity contribution in [2.45, 2.75) is 57.8 Å². The fourth-order valence-corrected chi connectivity index (χ4v) is 3.50. The first-order valence-corrected chi connectivity index (χ1v) is 10.1. The van der Waals surface area contributed by atoms with Gasteiger partial charge in [0.25, 0.3) is 0 Å². The van der Waals surface area contributed by atoms with E-state index in [-0.39, 0.29) is 23.9 Å². The molecule has 0 radical (unpaired) electrons. The second-order valence-corrected chi connectivity index (χ2v) is 7.50. The molecule has 0 bridgehead atoms. The predicted molar refractivity (Wildman–Crippen MR) is 112 cm³/mol. The molecule has 28 heavy (non-hydrogen) atoms. The van der Waals surface area contributed by atoms with E-state index in [0.29, 0.717) is 12.8 Å². The van der Waals surface area contributed by atoms with Crippen molar-refractivity contribution < 1.29 is 19.7 Å². The lowest BCUT2D eigenvalue weighted by molar-refractivity contribution is -0.150. The predicted octanol–water partition coefficient (Wildman–Crippen LogP) is 4.29. The minimum atomic E-state index is -0.690. The van der Waals surface area contributed by atoms with E-state index in [1.807, 2.05) is 48.6 Å². The number of hydrogen-bond acceptors (Lipinski definition) is 4. The zero-order valence-corrected chi connectivity index (χ0v) is 16.8. The smallest absolute Gasteiger partial charge is 0.330 e. The molecule has 4 heteroatoms. The Morgan fingerprint density at radius 3 is 2.61 bits per heavy atom. The normalized spacial score (nSPS) is 23.1. The number of cyclic esters (lactones) is 1. The van der Waals surface area contributed by atoms with Crippen molar-refractivity contribution in [1.82, 2.24) is 0 Å². The molecule has 0 fully saturated rings. The van der Waals surface area contributed by atoms with Crippen LogP contribution in [0.2, 0.25) is 0 Å². The lowest BCUT2D eigenvalue weighted by Gasteiger charge is -2.32. The third kappa shape index (κ3) is 7.45. The number of carbonyl (C=O) groups is 1. The summed E-state index contributed by atoms with van der Waals surface area (Å²) in [6, 6.07) is 9.94. The van der Waals surface area contributed by atoms with Crippen LogP contribution in [0.25, 0.3) is 6.08 Å². The van der Waals surface area contributed by atoms with Crippen LogP contribution in [-0.4, -0.2) is 34.5 Å². The minimum absolute atomic E-state index is 0.136. The molecule has 0 aromatic heterocycles. The lowest BCUT2D eigenvalue weighted by atomic mass is 9.85. The zero-order chi connectivity index (χ0) is 20.4. The Morgan fingerprint density at radius 2 is 1.89 bits per heavy atom. The van der Waals surface area contributed by atoms with Crippen LogP contribution in [0.4, 0.5) is 0 Å². The third-order valence-corrected chi connectivity index (χ3v) is 5.19. The Bertz CT molecular complexity index is 677. The number of rotatable bonds is 10. The molecule has 1 aromatic rings. The summed E-state index contributed by atoms with van der Waals surface area (Å²) in [4.78, 5) is 11.5. The molecule has 152 valence electrons. The Kier molecular flexibility index (Phi) is 9.18. The second-order valence-electron chi connectivity index (χ2n) is 7.50. The number of hydrogen-bond donors (Lipinski definition) is 2. The first-order valence-electron chi connectivity index (χ1n) is 10.1. The second kappa shape index (κ2) is 11.6. The van der Waals surface area contributed by atoms with Crippen LogP contribution < -0.4 is 0 Å². The summed E-state index contributed by atoms with van der Waals surface area (Å²) in [5.41, 5.74) is 1.10. The fraction of sp³-hybridized carbons (Fsp3) is 0.458. The fourth-order valence-electron chi connectivity index (χ4n) is 3.50. The first-order chi connectivity index (χ1) is 13.5. The van der Waals surface area contributed by atoms with Crippen LogP contribution in [0.15, 0.2) is 60.7 Å². The molecule has 1 aliphatic heterocycles. The van der Waals surface area contributed by atoms with E-state index < -0.39 is 12.2 Å². The first kappa shape index (κ1) is 22.1. The lowest BCUT2D eigenvalue weighted by Crippen LogP contribution is -2.34. The summed E-state index contributed by atoms with van der Waals surface area (Å²) in [6.45, 7) is 4.13. The standard InChI is InChI=1S/C24H32O4/c1-3-20-14-16-23(27)28-24(20)18(2)13-15-22(26)17-21(25)12-8-7-11-19-9-5-4-6-10-19/h4-12,14,16,18,20-22,24-26H,3,13,15,17H2,1-2H3/b11-7+,12-8+/t18-,20-,21-,22-,24-/m1/s1. The van der Waals surface area contributed by atoms with E-state index in [1.54, 1.807) is 12.2 Å². The summed E-state index contributed by atoms with van der Waals surface area (Å²) in [7, 11) is 0. The van der Waals surface area contributed by atoms with Gasteiger partial charge in [-0.3, -0.25) is 0 Å². The van der Waals surface area contributed by atoms with Crippen LogP contribution in [0, 0.1) is 11.8 Å². The molecule has 5 atom stereocenters. The van der Waals surface area contributed by atoms with Crippen molar-refractivity contribution in [2.24, 2.45) is 11.8 Å². The summed E-state index contributed by atoms with van der Waals surface area (Å²) in [6.07, 6.45) is 11.9. The van der Waals surface area contributed by atoms with Gasteiger partial charge in [-0.25, -0.2) is 4.79 Å². The van der Waals surface area contributed by atoms with Gasteiger partial charge in [-0.2, -0.15) is 0 Å². The average molecular weight is 385 g/mol. The summed E-state index contributed by atoms with van der Waals surface area (Å²) < 4.78 is 5.49. The number of esters is 1. The highest BCUT2D eigenvalue weighted by Crippen LogP contribution is 2.28.